The van der Waals surface area contributed by atoms with Crippen LogP contribution in [0.1, 0.15) is 21.5 Å². The quantitative estimate of drug-likeness (QED) is 0.616. The summed E-state index contributed by atoms with van der Waals surface area (Å²) in [5.74, 6) is 0.962. The van der Waals surface area contributed by atoms with Gasteiger partial charge in [-0.3, -0.25) is 4.79 Å². The molecule has 0 unspecified atom stereocenters. The van der Waals surface area contributed by atoms with Crippen LogP contribution in [0.25, 0.3) is 0 Å². The van der Waals surface area contributed by atoms with E-state index in [1.165, 1.54) is 20.3 Å². The molecule has 5 nitrogen and oxygen atoms in total. The van der Waals surface area contributed by atoms with E-state index < -0.39 is 0 Å². The summed E-state index contributed by atoms with van der Waals surface area (Å²) in [5.41, 5.74) is 1.76. The molecule has 1 amide bonds. The molecule has 0 aliphatic heterocycles. The summed E-state index contributed by atoms with van der Waals surface area (Å²) in [6.45, 7) is 0.397. The zero-order valence-corrected chi connectivity index (χ0v) is 16.3. The number of halogens is 1. The minimum Gasteiger partial charge on any atom is -0.496 e. The Morgan fingerprint density at radius 3 is 2.38 bits per heavy atom. The molecule has 0 aliphatic rings. The number of ether oxygens (including phenoxy) is 3. The molecule has 3 aromatic carbocycles. The van der Waals surface area contributed by atoms with Crippen LogP contribution < -0.4 is 19.5 Å². The maximum absolute atomic E-state index is 13.7. The van der Waals surface area contributed by atoms with Gasteiger partial charge in [-0.05, 0) is 35.9 Å². The van der Waals surface area contributed by atoms with Crippen molar-refractivity contribution in [2.75, 3.05) is 14.2 Å². The summed E-state index contributed by atoms with van der Waals surface area (Å²) in [5, 5.41) is 2.86. The molecule has 0 heterocycles. The van der Waals surface area contributed by atoms with Gasteiger partial charge in [0.2, 0.25) is 0 Å². The second-order valence-electron chi connectivity index (χ2n) is 6.25. The van der Waals surface area contributed by atoms with Gasteiger partial charge in [0.25, 0.3) is 5.91 Å². The zero-order valence-electron chi connectivity index (χ0n) is 16.3. The number of benzene rings is 3. The summed E-state index contributed by atoms with van der Waals surface area (Å²) in [7, 11) is 3.06. The van der Waals surface area contributed by atoms with Gasteiger partial charge in [-0.2, -0.15) is 0 Å². The van der Waals surface area contributed by atoms with Gasteiger partial charge in [-0.15, -0.1) is 0 Å². The lowest BCUT2D eigenvalue weighted by atomic mass is 10.1. The van der Waals surface area contributed by atoms with Crippen molar-refractivity contribution in [2.45, 2.75) is 13.2 Å². The lowest BCUT2D eigenvalue weighted by Crippen LogP contribution is -2.23. The van der Waals surface area contributed by atoms with Crippen molar-refractivity contribution in [3.8, 4) is 17.2 Å². The highest BCUT2D eigenvalue weighted by Crippen LogP contribution is 2.29. The molecule has 6 heteroatoms. The average Bonchev–Trinajstić information content (AvgIpc) is 2.77. The van der Waals surface area contributed by atoms with Crippen LogP contribution in [0.15, 0.2) is 66.7 Å². The van der Waals surface area contributed by atoms with E-state index in [2.05, 4.69) is 5.32 Å². The van der Waals surface area contributed by atoms with Gasteiger partial charge < -0.3 is 19.5 Å². The van der Waals surface area contributed by atoms with Gasteiger partial charge in [0, 0.05) is 12.1 Å². The number of methoxy groups -OCH3 is 2. The van der Waals surface area contributed by atoms with Crippen LogP contribution in [0.4, 0.5) is 4.39 Å². The molecule has 0 aromatic heterocycles. The maximum atomic E-state index is 13.7. The minimum absolute atomic E-state index is 0.0902. The molecule has 150 valence electrons. The smallest absolute Gasteiger partial charge is 0.255 e. The molecule has 0 bridgehead atoms. The van der Waals surface area contributed by atoms with Crippen LogP contribution >= 0.6 is 0 Å². The first-order valence-electron chi connectivity index (χ1n) is 9.06. The number of carbonyl (C=O) groups excluding carboxylic acids is 1. The van der Waals surface area contributed by atoms with E-state index in [1.54, 1.807) is 54.6 Å². The van der Waals surface area contributed by atoms with Gasteiger partial charge in [0.05, 0.1) is 19.8 Å². The van der Waals surface area contributed by atoms with E-state index in [1.807, 2.05) is 6.07 Å². The second-order valence-corrected chi connectivity index (χ2v) is 6.25. The molecule has 0 saturated heterocycles. The first kappa shape index (κ1) is 20.2. The van der Waals surface area contributed by atoms with E-state index in [0.29, 0.717) is 34.9 Å². The van der Waals surface area contributed by atoms with Crippen LogP contribution in [0.3, 0.4) is 0 Å². The number of carbonyl (C=O) groups is 1. The molecule has 0 aliphatic carbocycles. The highest BCUT2D eigenvalue weighted by molar-refractivity contribution is 5.96. The van der Waals surface area contributed by atoms with Crippen molar-refractivity contribution in [3.05, 3.63) is 89.2 Å². The maximum Gasteiger partial charge on any atom is 0.255 e. The summed E-state index contributed by atoms with van der Waals surface area (Å²) < 4.78 is 30.1. The summed E-state index contributed by atoms with van der Waals surface area (Å²) >= 11 is 0. The third-order valence-corrected chi connectivity index (χ3v) is 4.37. The number of amides is 1. The molecule has 29 heavy (non-hydrogen) atoms. The lowest BCUT2D eigenvalue weighted by Gasteiger charge is -2.13. The molecule has 0 radical (unpaired) electrons. The van der Waals surface area contributed by atoms with Gasteiger partial charge in [-0.1, -0.05) is 36.4 Å². The Morgan fingerprint density at radius 1 is 0.897 bits per heavy atom. The van der Waals surface area contributed by atoms with E-state index >= 15 is 0 Å². The average molecular weight is 395 g/mol. The van der Waals surface area contributed by atoms with Gasteiger partial charge in [-0.25, -0.2) is 4.39 Å². The third-order valence-electron chi connectivity index (χ3n) is 4.37. The molecular formula is C23H22FNO4. The predicted octanol–water partition coefficient (Wildman–Crippen LogP) is 4.35. The van der Waals surface area contributed by atoms with Crippen molar-refractivity contribution >= 4 is 5.91 Å². The summed E-state index contributed by atoms with van der Waals surface area (Å²) in [6, 6.07) is 18.8. The highest BCUT2D eigenvalue weighted by atomic mass is 19.1. The normalized spacial score (nSPS) is 10.3. The van der Waals surface area contributed by atoms with Crippen LogP contribution in [0, 0.1) is 5.82 Å². The molecule has 0 fully saturated rings. The molecule has 0 saturated carbocycles. The van der Waals surface area contributed by atoms with Crippen molar-refractivity contribution in [2.24, 2.45) is 0 Å². The highest BCUT2D eigenvalue weighted by Gasteiger charge is 2.12. The second kappa shape index (κ2) is 9.59. The van der Waals surface area contributed by atoms with Crippen LogP contribution in [-0.4, -0.2) is 20.1 Å². The molecule has 0 atom stereocenters. The first-order valence-corrected chi connectivity index (χ1v) is 9.06. The minimum atomic E-state index is -0.317. The topological polar surface area (TPSA) is 56.8 Å². The van der Waals surface area contributed by atoms with Gasteiger partial charge in [0.1, 0.15) is 18.2 Å². The van der Waals surface area contributed by atoms with E-state index in [4.69, 9.17) is 14.2 Å². The molecular weight excluding hydrogens is 373 g/mol. The zero-order chi connectivity index (χ0) is 20.6. The Morgan fingerprint density at radius 2 is 1.62 bits per heavy atom. The first-order chi connectivity index (χ1) is 14.1. The van der Waals surface area contributed by atoms with E-state index in [9.17, 15) is 9.18 Å². The Kier molecular flexibility index (Phi) is 6.68. The molecule has 0 spiro atoms. The number of nitrogens with one attached hydrogen (secondary N) is 1. The van der Waals surface area contributed by atoms with Gasteiger partial charge in [0.15, 0.2) is 11.5 Å². The van der Waals surface area contributed by atoms with Crippen LogP contribution in [0.2, 0.25) is 0 Å². The van der Waals surface area contributed by atoms with Crippen molar-refractivity contribution in [3.63, 3.8) is 0 Å². The Labute approximate surface area is 169 Å². The third kappa shape index (κ3) is 5.04. The Balaban J connectivity index is 1.65. The Bertz CT molecular complexity index is 990. The number of rotatable bonds is 8. The SMILES string of the molecule is COc1cc(CNC(=O)c2ccccc2OC)ccc1OCc1ccccc1F. The molecule has 3 aromatic rings. The fraction of sp³-hybridized carbons (Fsp3) is 0.174. The number of para-hydroxylation sites is 1. The van der Waals surface area contributed by atoms with Crippen molar-refractivity contribution < 1.29 is 23.4 Å². The molecule has 1 N–H and O–H groups in total. The monoisotopic (exact) mass is 395 g/mol. The Hall–Kier alpha value is -3.54. The standard InChI is InChI=1S/C23H22FNO4/c1-27-20-10-6-4-8-18(20)23(26)25-14-16-11-12-21(22(13-16)28-2)29-15-17-7-3-5-9-19(17)24/h3-13H,14-15H2,1-2H3,(H,25,26). The molecule has 3 rings (SSSR count). The fourth-order valence-electron chi connectivity index (χ4n) is 2.82. The van der Waals surface area contributed by atoms with Crippen LogP contribution in [0.5, 0.6) is 17.2 Å². The largest absolute Gasteiger partial charge is 0.496 e. The van der Waals surface area contributed by atoms with Crippen molar-refractivity contribution in [1.29, 1.82) is 0 Å². The van der Waals surface area contributed by atoms with Crippen molar-refractivity contribution in [1.82, 2.24) is 5.32 Å². The van der Waals surface area contributed by atoms with E-state index in [0.717, 1.165) is 5.56 Å². The summed E-state index contributed by atoms with van der Waals surface area (Å²) in [6.07, 6.45) is 0. The predicted molar refractivity (Wildman–Crippen MR) is 108 cm³/mol. The van der Waals surface area contributed by atoms with E-state index in [-0.39, 0.29) is 18.3 Å². The number of hydrogen-bond donors (Lipinski definition) is 1. The lowest BCUT2D eigenvalue weighted by molar-refractivity contribution is 0.0948. The fourth-order valence-corrected chi connectivity index (χ4v) is 2.82. The summed E-state index contributed by atoms with van der Waals surface area (Å²) in [4.78, 5) is 12.4. The van der Waals surface area contributed by atoms with Gasteiger partial charge >= 0.3 is 0 Å². The van der Waals surface area contributed by atoms with Crippen LogP contribution in [-0.2, 0) is 13.2 Å². The number of hydrogen-bond acceptors (Lipinski definition) is 4.